The normalized spacial score (nSPS) is 24.7. The van der Waals surface area contributed by atoms with Crippen LogP contribution in [0.2, 0.25) is 5.02 Å². The van der Waals surface area contributed by atoms with Gasteiger partial charge < -0.3 is 10.1 Å². The third-order valence-electron chi connectivity index (χ3n) is 4.01. The highest BCUT2D eigenvalue weighted by atomic mass is 35.5. The molecule has 19 heavy (non-hydrogen) atoms. The van der Waals surface area contributed by atoms with Crippen LogP contribution in [0, 0.1) is 19.8 Å². The summed E-state index contributed by atoms with van der Waals surface area (Å²) in [6, 6.07) is 4.68. The molecule has 1 aliphatic rings. The van der Waals surface area contributed by atoms with Crippen molar-refractivity contribution in [3.05, 3.63) is 33.8 Å². The fourth-order valence-electron chi connectivity index (χ4n) is 2.97. The van der Waals surface area contributed by atoms with Crippen molar-refractivity contribution in [2.24, 2.45) is 5.92 Å². The first-order valence-electron chi connectivity index (χ1n) is 7.14. The molecule has 0 saturated carbocycles. The van der Waals surface area contributed by atoms with Crippen molar-refractivity contribution >= 4 is 11.6 Å². The van der Waals surface area contributed by atoms with E-state index in [4.69, 9.17) is 16.3 Å². The zero-order valence-electron chi connectivity index (χ0n) is 12.3. The fraction of sp³-hybridized carbons (Fsp3) is 0.625. The van der Waals surface area contributed by atoms with Gasteiger partial charge in [0.2, 0.25) is 0 Å². The van der Waals surface area contributed by atoms with E-state index < -0.39 is 0 Å². The summed E-state index contributed by atoms with van der Waals surface area (Å²) in [6.07, 6.45) is 1.50. The second-order valence-electron chi connectivity index (χ2n) is 5.63. The topological polar surface area (TPSA) is 21.3 Å². The molecular weight excluding hydrogens is 258 g/mol. The minimum atomic E-state index is 0.367. The molecule has 1 fully saturated rings. The lowest BCUT2D eigenvalue weighted by atomic mass is 9.88. The van der Waals surface area contributed by atoms with E-state index >= 15 is 0 Å². The Bertz CT molecular complexity index is 447. The average molecular weight is 282 g/mol. The minimum absolute atomic E-state index is 0.367. The van der Waals surface area contributed by atoms with Gasteiger partial charge in [-0.1, -0.05) is 24.6 Å². The van der Waals surface area contributed by atoms with E-state index in [0.29, 0.717) is 18.1 Å². The lowest BCUT2D eigenvalue weighted by Gasteiger charge is -2.26. The molecule has 1 saturated heterocycles. The second kappa shape index (κ2) is 6.25. The molecule has 2 rings (SSSR count). The van der Waals surface area contributed by atoms with E-state index in [-0.39, 0.29) is 0 Å². The minimum Gasteiger partial charge on any atom is -0.378 e. The quantitative estimate of drug-likeness (QED) is 0.900. The summed E-state index contributed by atoms with van der Waals surface area (Å²) in [5.41, 5.74) is 3.78. The van der Waals surface area contributed by atoms with E-state index in [1.165, 1.54) is 11.1 Å². The van der Waals surface area contributed by atoms with E-state index in [0.717, 1.165) is 30.2 Å². The Kier molecular flexibility index (Phi) is 4.88. The highest BCUT2D eigenvalue weighted by Gasteiger charge is 2.31. The molecule has 1 heterocycles. The van der Waals surface area contributed by atoms with Crippen molar-refractivity contribution in [2.45, 2.75) is 46.3 Å². The van der Waals surface area contributed by atoms with Crippen LogP contribution in [-0.4, -0.2) is 19.3 Å². The second-order valence-corrected chi connectivity index (χ2v) is 6.04. The predicted molar refractivity (Wildman–Crippen MR) is 80.9 cm³/mol. The largest absolute Gasteiger partial charge is 0.378 e. The molecule has 0 aliphatic carbocycles. The summed E-state index contributed by atoms with van der Waals surface area (Å²) < 4.78 is 5.74. The smallest absolute Gasteiger partial charge is 0.0551 e. The molecule has 2 nitrogen and oxygen atoms in total. The fourth-order valence-corrected chi connectivity index (χ4v) is 3.19. The van der Waals surface area contributed by atoms with Crippen molar-refractivity contribution in [2.75, 3.05) is 13.2 Å². The van der Waals surface area contributed by atoms with E-state index in [1.807, 2.05) is 0 Å². The number of hydrogen-bond donors (Lipinski definition) is 1. The lowest BCUT2D eigenvalue weighted by Crippen LogP contribution is -2.29. The van der Waals surface area contributed by atoms with Crippen molar-refractivity contribution in [3.63, 3.8) is 0 Å². The van der Waals surface area contributed by atoms with Gasteiger partial charge in [-0.05, 0) is 56.5 Å². The molecule has 3 atom stereocenters. The number of rotatable bonds is 4. The molecule has 0 aromatic heterocycles. The zero-order valence-corrected chi connectivity index (χ0v) is 13.1. The van der Waals surface area contributed by atoms with Gasteiger partial charge >= 0.3 is 0 Å². The summed E-state index contributed by atoms with van der Waals surface area (Å²) in [6.45, 7) is 10.3. The predicted octanol–water partition coefficient (Wildman–Crippen LogP) is 4.03. The Hall–Kier alpha value is -0.570. The van der Waals surface area contributed by atoms with E-state index in [1.54, 1.807) is 0 Å². The molecule has 3 heteroatoms. The number of hydrogen-bond acceptors (Lipinski definition) is 2. The highest BCUT2D eigenvalue weighted by molar-refractivity contribution is 6.31. The standard InChI is InChI=1S/C16H24ClNO/c1-5-18-16(13-8-12(4)19-9-13)14-6-11(3)15(17)7-10(14)2/h6-7,12-13,16,18H,5,8-9H2,1-4H3. The van der Waals surface area contributed by atoms with Gasteiger partial charge in [-0.3, -0.25) is 0 Å². The molecule has 0 bridgehead atoms. The van der Waals surface area contributed by atoms with Crippen molar-refractivity contribution in [1.29, 1.82) is 0 Å². The molecule has 1 aliphatic heterocycles. The van der Waals surface area contributed by atoms with Crippen LogP contribution in [-0.2, 0) is 4.74 Å². The third-order valence-corrected chi connectivity index (χ3v) is 4.41. The summed E-state index contributed by atoms with van der Waals surface area (Å²) in [4.78, 5) is 0. The Balaban J connectivity index is 2.30. The van der Waals surface area contributed by atoms with Gasteiger partial charge in [0.05, 0.1) is 12.7 Å². The molecule has 0 spiro atoms. The molecule has 106 valence electrons. The SMILES string of the molecule is CCNC(c1cc(C)c(Cl)cc1C)C1COC(C)C1. The number of nitrogens with one attached hydrogen (secondary N) is 1. The van der Waals surface area contributed by atoms with Gasteiger partial charge in [0.15, 0.2) is 0 Å². The number of ether oxygens (including phenoxy) is 1. The maximum absolute atomic E-state index is 6.21. The van der Waals surface area contributed by atoms with Gasteiger partial charge in [-0.15, -0.1) is 0 Å². The maximum Gasteiger partial charge on any atom is 0.0551 e. The molecule has 1 N–H and O–H groups in total. The van der Waals surface area contributed by atoms with Crippen molar-refractivity contribution in [3.8, 4) is 0 Å². The Morgan fingerprint density at radius 3 is 2.68 bits per heavy atom. The Morgan fingerprint density at radius 2 is 2.11 bits per heavy atom. The first-order chi connectivity index (χ1) is 9.02. The van der Waals surface area contributed by atoms with Gasteiger partial charge in [0.1, 0.15) is 0 Å². The van der Waals surface area contributed by atoms with Crippen molar-refractivity contribution < 1.29 is 4.74 Å². The Morgan fingerprint density at radius 1 is 1.37 bits per heavy atom. The van der Waals surface area contributed by atoms with Crippen molar-refractivity contribution in [1.82, 2.24) is 5.32 Å². The van der Waals surface area contributed by atoms with Crippen LogP contribution in [0.25, 0.3) is 0 Å². The number of halogens is 1. The maximum atomic E-state index is 6.21. The van der Waals surface area contributed by atoms with Gasteiger partial charge in [0, 0.05) is 17.0 Å². The number of benzene rings is 1. The summed E-state index contributed by atoms with van der Waals surface area (Å²) in [7, 11) is 0. The molecule has 0 amide bonds. The van der Waals surface area contributed by atoms with Crippen LogP contribution >= 0.6 is 11.6 Å². The molecule has 1 aromatic carbocycles. The molecule has 3 unspecified atom stereocenters. The Labute approximate surface area is 121 Å². The van der Waals surface area contributed by atoms with Crippen LogP contribution in [0.3, 0.4) is 0 Å². The molecule has 0 radical (unpaired) electrons. The van der Waals surface area contributed by atoms with Crippen LogP contribution < -0.4 is 5.32 Å². The summed E-state index contributed by atoms with van der Waals surface area (Å²) in [5, 5.41) is 4.48. The van der Waals surface area contributed by atoms with Crippen LogP contribution in [0.5, 0.6) is 0 Å². The van der Waals surface area contributed by atoms with Crippen LogP contribution in [0.15, 0.2) is 12.1 Å². The zero-order chi connectivity index (χ0) is 14.0. The third kappa shape index (κ3) is 3.31. The average Bonchev–Trinajstić information content (AvgIpc) is 2.78. The molecular formula is C16H24ClNO. The van der Waals surface area contributed by atoms with Gasteiger partial charge in [-0.2, -0.15) is 0 Å². The van der Waals surface area contributed by atoms with E-state index in [2.05, 4.69) is 45.1 Å². The first-order valence-corrected chi connectivity index (χ1v) is 7.52. The lowest BCUT2D eigenvalue weighted by molar-refractivity contribution is 0.117. The van der Waals surface area contributed by atoms with Gasteiger partial charge in [0.25, 0.3) is 0 Å². The summed E-state index contributed by atoms with van der Waals surface area (Å²) >= 11 is 6.21. The van der Waals surface area contributed by atoms with Crippen LogP contribution in [0.4, 0.5) is 0 Å². The highest BCUT2D eigenvalue weighted by Crippen LogP contribution is 2.34. The number of aryl methyl sites for hydroxylation is 2. The molecule has 1 aromatic rings. The van der Waals surface area contributed by atoms with E-state index in [9.17, 15) is 0 Å². The van der Waals surface area contributed by atoms with Crippen LogP contribution in [0.1, 0.15) is 43.0 Å². The summed E-state index contributed by atoms with van der Waals surface area (Å²) in [5.74, 6) is 0.550. The monoisotopic (exact) mass is 281 g/mol. The first kappa shape index (κ1) is 14.8. The van der Waals surface area contributed by atoms with Gasteiger partial charge in [-0.25, -0.2) is 0 Å².